The summed E-state index contributed by atoms with van der Waals surface area (Å²) in [6, 6.07) is 7.66. The van der Waals surface area contributed by atoms with Gasteiger partial charge in [-0.25, -0.2) is 0 Å². The lowest BCUT2D eigenvalue weighted by atomic mass is 9.93. The number of rotatable bonds is 6. The number of carbonyl (C=O) groups excluding carboxylic acids is 1. The summed E-state index contributed by atoms with van der Waals surface area (Å²) in [4.78, 5) is 23.4. The standard InChI is InChI=1S/C27H30ClN5O3/c1-16-19(28)4-3-5-20(16)31-24-22-25(27(7-8-27)15-30-26(22)34)32-23(24)18-6-9-29-12-21(18)36-14-17-13-33(2)10-11-35-17/h3-6,9,12,17,31-32H,7-8,10-11,13-15H2,1-2H3,(H,30,34)/t17-/m0/s1. The van der Waals surface area contributed by atoms with Crippen molar-refractivity contribution in [1.82, 2.24) is 20.2 Å². The van der Waals surface area contributed by atoms with Crippen LogP contribution in [0, 0.1) is 6.92 Å². The van der Waals surface area contributed by atoms with Crippen LogP contribution in [-0.2, 0) is 10.2 Å². The van der Waals surface area contributed by atoms with Crippen LogP contribution < -0.4 is 15.4 Å². The molecule has 0 bridgehead atoms. The highest BCUT2D eigenvalue weighted by atomic mass is 35.5. The Bertz CT molecular complexity index is 1320. The number of aromatic nitrogens is 2. The minimum absolute atomic E-state index is 0.0131. The van der Waals surface area contributed by atoms with Gasteiger partial charge in [-0.1, -0.05) is 17.7 Å². The minimum atomic E-state index is -0.0811. The van der Waals surface area contributed by atoms with Crippen LogP contribution in [0.1, 0.15) is 34.5 Å². The quantitative estimate of drug-likeness (QED) is 0.461. The number of hydrogen-bond acceptors (Lipinski definition) is 6. The summed E-state index contributed by atoms with van der Waals surface area (Å²) < 4.78 is 12.2. The van der Waals surface area contributed by atoms with Gasteiger partial charge < -0.3 is 30.0 Å². The van der Waals surface area contributed by atoms with Crippen molar-refractivity contribution < 1.29 is 14.3 Å². The number of morpholine rings is 1. The second-order valence-corrected chi connectivity index (χ2v) is 10.5. The first-order valence-corrected chi connectivity index (χ1v) is 12.8. The maximum atomic E-state index is 13.2. The molecule has 1 spiro atoms. The second-order valence-electron chi connectivity index (χ2n) is 10.1. The molecule has 1 saturated carbocycles. The number of halogens is 1. The minimum Gasteiger partial charge on any atom is -0.488 e. The SMILES string of the molecule is Cc1c(Cl)cccc1Nc1c(-c2ccncc2OC[C@@H]2CN(C)CCO2)[nH]c2c1C(=O)NCC21CC1. The maximum Gasteiger partial charge on any atom is 0.255 e. The van der Waals surface area contributed by atoms with Gasteiger partial charge in [0, 0.05) is 53.2 Å². The largest absolute Gasteiger partial charge is 0.488 e. The number of carbonyl (C=O) groups is 1. The average Bonchev–Trinajstić information content (AvgIpc) is 3.56. The number of nitrogens with one attached hydrogen (secondary N) is 3. The van der Waals surface area contributed by atoms with E-state index in [1.807, 2.05) is 31.2 Å². The molecule has 2 fully saturated rings. The van der Waals surface area contributed by atoms with Gasteiger partial charge >= 0.3 is 0 Å². The molecule has 1 aliphatic carbocycles. The Balaban J connectivity index is 1.42. The first-order chi connectivity index (χ1) is 17.4. The number of aromatic amines is 1. The van der Waals surface area contributed by atoms with Gasteiger partial charge in [0.2, 0.25) is 0 Å². The highest BCUT2D eigenvalue weighted by molar-refractivity contribution is 6.31. The first-order valence-electron chi connectivity index (χ1n) is 12.4. The van der Waals surface area contributed by atoms with E-state index in [9.17, 15) is 4.79 Å². The zero-order chi connectivity index (χ0) is 24.9. The monoisotopic (exact) mass is 507 g/mol. The molecule has 1 saturated heterocycles. The number of likely N-dealkylation sites (N-methyl/N-ethyl adjacent to an activating group) is 1. The topological polar surface area (TPSA) is 91.5 Å². The predicted octanol–water partition coefficient (Wildman–Crippen LogP) is 4.27. The lowest BCUT2D eigenvalue weighted by Gasteiger charge is -2.30. The molecule has 0 unspecified atom stereocenters. The van der Waals surface area contributed by atoms with E-state index in [0.29, 0.717) is 36.1 Å². The smallest absolute Gasteiger partial charge is 0.255 e. The molecule has 3 N–H and O–H groups in total. The van der Waals surface area contributed by atoms with Crippen LogP contribution in [0.15, 0.2) is 36.7 Å². The summed E-state index contributed by atoms with van der Waals surface area (Å²) >= 11 is 6.42. The van der Waals surface area contributed by atoms with Crippen molar-refractivity contribution in [1.29, 1.82) is 0 Å². The van der Waals surface area contributed by atoms with Crippen LogP contribution >= 0.6 is 11.6 Å². The molecule has 0 radical (unpaired) electrons. The van der Waals surface area contributed by atoms with Crippen LogP contribution in [0.3, 0.4) is 0 Å². The molecule has 4 heterocycles. The van der Waals surface area contributed by atoms with Gasteiger partial charge in [-0.3, -0.25) is 9.78 Å². The number of benzene rings is 1. The van der Waals surface area contributed by atoms with Crippen LogP contribution in [0.4, 0.5) is 11.4 Å². The fourth-order valence-corrected chi connectivity index (χ4v) is 5.36. The molecule has 8 nitrogen and oxygen atoms in total. The van der Waals surface area contributed by atoms with E-state index < -0.39 is 0 Å². The van der Waals surface area contributed by atoms with Crippen molar-refractivity contribution in [3.8, 4) is 17.0 Å². The molecule has 6 rings (SSSR count). The van der Waals surface area contributed by atoms with Gasteiger partial charge in [-0.05, 0) is 50.6 Å². The summed E-state index contributed by atoms with van der Waals surface area (Å²) in [5.41, 5.74) is 5.76. The van der Waals surface area contributed by atoms with Crippen LogP contribution in [0.5, 0.6) is 5.75 Å². The maximum absolute atomic E-state index is 13.2. The molecule has 9 heteroatoms. The first kappa shape index (κ1) is 23.3. The number of ether oxygens (including phenoxy) is 2. The molecule has 1 atom stereocenters. The summed E-state index contributed by atoms with van der Waals surface area (Å²) in [6.07, 6.45) is 5.54. The Morgan fingerprint density at radius 2 is 2.19 bits per heavy atom. The third kappa shape index (κ3) is 4.13. The van der Waals surface area contributed by atoms with Crippen molar-refractivity contribution >= 4 is 28.9 Å². The molecular weight excluding hydrogens is 478 g/mol. The Kier molecular flexibility index (Phi) is 5.90. The van der Waals surface area contributed by atoms with Gasteiger partial charge in [0.25, 0.3) is 5.91 Å². The van der Waals surface area contributed by atoms with Crippen molar-refractivity contribution in [2.24, 2.45) is 0 Å². The van der Waals surface area contributed by atoms with Crippen molar-refractivity contribution in [3.05, 3.63) is 58.5 Å². The van der Waals surface area contributed by atoms with Crippen LogP contribution in [0.2, 0.25) is 5.02 Å². The molecule has 1 aromatic carbocycles. The predicted molar refractivity (Wildman–Crippen MR) is 139 cm³/mol. The zero-order valence-electron chi connectivity index (χ0n) is 20.5. The summed E-state index contributed by atoms with van der Waals surface area (Å²) in [5, 5.41) is 7.31. The lowest BCUT2D eigenvalue weighted by molar-refractivity contribution is -0.0403. The third-order valence-electron chi connectivity index (χ3n) is 7.55. The van der Waals surface area contributed by atoms with E-state index >= 15 is 0 Å². The molecular formula is C27H30ClN5O3. The number of nitrogens with zero attached hydrogens (tertiary/aromatic N) is 2. The van der Waals surface area contributed by atoms with Crippen LogP contribution in [-0.4, -0.2) is 66.8 Å². The van der Waals surface area contributed by atoms with E-state index in [4.69, 9.17) is 21.1 Å². The molecule has 188 valence electrons. The van der Waals surface area contributed by atoms with Crippen molar-refractivity contribution in [2.75, 3.05) is 45.2 Å². The number of anilines is 2. The summed E-state index contributed by atoms with van der Waals surface area (Å²) in [5.74, 6) is 0.561. The number of amides is 1. The van der Waals surface area contributed by atoms with Crippen LogP contribution in [0.25, 0.3) is 11.3 Å². The molecule has 3 aromatic rings. The fourth-order valence-electron chi connectivity index (χ4n) is 5.19. The zero-order valence-corrected chi connectivity index (χ0v) is 21.2. The number of hydrogen-bond donors (Lipinski definition) is 3. The Hall–Kier alpha value is -3.07. The van der Waals surface area contributed by atoms with E-state index in [2.05, 4.69) is 32.5 Å². The molecule has 1 amide bonds. The number of pyridine rings is 1. The van der Waals surface area contributed by atoms with E-state index in [0.717, 1.165) is 59.8 Å². The fraction of sp³-hybridized carbons (Fsp3) is 0.407. The highest BCUT2D eigenvalue weighted by Gasteiger charge is 2.51. The van der Waals surface area contributed by atoms with Gasteiger partial charge in [0.1, 0.15) is 18.5 Å². The molecule has 2 aliphatic heterocycles. The molecule has 3 aliphatic rings. The van der Waals surface area contributed by atoms with E-state index in [1.165, 1.54) is 0 Å². The Morgan fingerprint density at radius 3 is 3.00 bits per heavy atom. The van der Waals surface area contributed by atoms with E-state index in [-0.39, 0.29) is 17.4 Å². The van der Waals surface area contributed by atoms with Gasteiger partial charge in [0.05, 0.1) is 29.7 Å². The Morgan fingerprint density at radius 1 is 1.33 bits per heavy atom. The molecule has 2 aromatic heterocycles. The van der Waals surface area contributed by atoms with E-state index in [1.54, 1.807) is 12.4 Å². The summed E-state index contributed by atoms with van der Waals surface area (Å²) in [7, 11) is 2.09. The highest BCUT2D eigenvalue weighted by Crippen LogP contribution is 2.54. The lowest BCUT2D eigenvalue weighted by Crippen LogP contribution is -2.42. The third-order valence-corrected chi connectivity index (χ3v) is 7.96. The Labute approximate surface area is 215 Å². The second kappa shape index (κ2) is 9.10. The van der Waals surface area contributed by atoms with Gasteiger partial charge in [-0.15, -0.1) is 0 Å². The average molecular weight is 508 g/mol. The van der Waals surface area contributed by atoms with Gasteiger partial charge in [-0.2, -0.15) is 0 Å². The number of fused-ring (bicyclic) bond motifs is 2. The summed E-state index contributed by atoms with van der Waals surface area (Å²) in [6.45, 7) is 5.47. The van der Waals surface area contributed by atoms with Crippen molar-refractivity contribution in [3.63, 3.8) is 0 Å². The van der Waals surface area contributed by atoms with Crippen molar-refractivity contribution in [2.45, 2.75) is 31.3 Å². The molecule has 36 heavy (non-hydrogen) atoms. The van der Waals surface area contributed by atoms with Gasteiger partial charge in [0.15, 0.2) is 0 Å². The normalized spacial score (nSPS) is 20.6. The number of H-pyrrole nitrogens is 1.